The van der Waals surface area contributed by atoms with E-state index in [1.165, 1.54) is 0 Å². The molecule has 1 N–H and O–H groups in total. The fourth-order valence-electron chi connectivity index (χ4n) is 0.911. The Morgan fingerprint density at radius 2 is 1.79 bits per heavy atom. The summed E-state index contributed by atoms with van der Waals surface area (Å²) in [5.74, 6) is 0.850. The minimum absolute atomic E-state index is 0.183. The Morgan fingerprint density at radius 3 is 2.29 bits per heavy atom. The molecule has 0 amide bonds. The molecule has 1 aromatic rings. The lowest BCUT2D eigenvalue weighted by molar-refractivity contribution is 0.145. The molecule has 3 nitrogen and oxygen atoms in total. The van der Waals surface area contributed by atoms with Crippen LogP contribution < -0.4 is 4.74 Å². The first-order valence-electron chi connectivity index (χ1n) is 3.95. The molecule has 14 heavy (non-hydrogen) atoms. The number of rotatable bonds is 4. The van der Waals surface area contributed by atoms with E-state index < -0.39 is 0 Å². The molecule has 0 atom stereocenters. The monoisotopic (exact) mass is 324 g/mol. The molecule has 0 aliphatic carbocycles. The van der Waals surface area contributed by atoms with E-state index in [0.29, 0.717) is 27.9 Å². The van der Waals surface area contributed by atoms with Crippen LogP contribution in [-0.4, -0.2) is 25.4 Å². The van der Waals surface area contributed by atoms with Gasteiger partial charge in [-0.05, 0) is 44.0 Å². The van der Waals surface area contributed by atoms with E-state index in [2.05, 4.69) is 31.9 Å². The van der Waals surface area contributed by atoms with E-state index in [1.54, 1.807) is 19.2 Å². The van der Waals surface area contributed by atoms with Crippen molar-refractivity contribution in [3.8, 4) is 11.5 Å². The van der Waals surface area contributed by atoms with Gasteiger partial charge in [-0.3, -0.25) is 0 Å². The predicted octanol–water partition coefficient (Wildman–Crippen LogP) is 2.94. The summed E-state index contributed by atoms with van der Waals surface area (Å²) < 4.78 is 11.7. The van der Waals surface area contributed by atoms with Crippen LogP contribution in [0.5, 0.6) is 11.5 Å². The maximum absolute atomic E-state index is 9.25. The van der Waals surface area contributed by atoms with E-state index in [4.69, 9.17) is 9.47 Å². The zero-order chi connectivity index (χ0) is 10.6. The smallest absolute Gasteiger partial charge is 0.148 e. The lowest BCUT2D eigenvalue weighted by atomic mass is 10.3. The second kappa shape index (κ2) is 5.58. The lowest BCUT2D eigenvalue weighted by Crippen LogP contribution is -2.05. The van der Waals surface area contributed by atoms with Gasteiger partial charge in [0.1, 0.15) is 18.1 Å². The Bertz CT molecular complexity index is 292. The van der Waals surface area contributed by atoms with Crippen molar-refractivity contribution in [3.05, 3.63) is 21.1 Å². The SMILES string of the molecule is COCCOc1c(Br)cc(O)cc1Br. The van der Waals surface area contributed by atoms with Gasteiger partial charge in [0, 0.05) is 7.11 Å². The first-order chi connectivity index (χ1) is 6.65. The van der Waals surface area contributed by atoms with Crippen molar-refractivity contribution in [2.24, 2.45) is 0 Å². The van der Waals surface area contributed by atoms with E-state index in [0.717, 1.165) is 0 Å². The van der Waals surface area contributed by atoms with Gasteiger partial charge in [-0.1, -0.05) is 0 Å². The van der Waals surface area contributed by atoms with Gasteiger partial charge in [0.2, 0.25) is 0 Å². The van der Waals surface area contributed by atoms with Crippen LogP contribution in [-0.2, 0) is 4.74 Å². The van der Waals surface area contributed by atoms with E-state index in [1.807, 2.05) is 0 Å². The van der Waals surface area contributed by atoms with Crippen molar-refractivity contribution < 1.29 is 14.6 Å². The van der Waals surface area contributed by atoms with Gasteiger partial charge in [0.05, 0.1) is 15.6 Å². The van der Waals surface area contributed by atoms with Crippen LogP contribution in [0.1, 0.15) is 0 Å². The highest BCUT2D eigenvalue weighted by Crippen LogP contribution is 2.36. The van der Waals surface area contributed by atoms with Gasteiger partial charge in [0.15, 0.2) is 0 Å². The van der Waals surface area contributed by atoms with Gasteiger partial charge in [-0.2, -0.15) is 0 Å². The number of hydrogen-bond donors (Lipinski definition) is 1. The number of methoxy groups -OCH3 is 1. The van der Waals surface area contributed by atoms with Crippen LogP contribution in [0.4, 0.5) is 0 Å². The first-order valence-corrected chi connectivity index (χ1v) is 5.53. The van der Waals surface area contributed by atoms with Gasteiger partial charge in [-0.15, -0.1) is 0 Å². The summed E-state index contributed by atoms with van der Waals surface area (Å²) in [7, 11) is 1.62. The fraction of sp³-hybridized carbons (Fsp3) is 0.333. The predicted molar refractivity (Wildman–Crippen MR) is 60.9 cm³/mol. The molecular formula is C9H10Br2O3. The van der Waals surface area contributed by atoms with E-state index >= 15 is 0 Å². The largest absolute Gasteiger partial charge is 0.508 e. The maximum atomic E-state index is 9.25. The van der Waals surface area contributed by atoms with Gasteiger partial charge in [0.25, 0.3) is 0 Å². The molecule has 0 aliphatic heterocycles. The Labute approximate surface area is 99.3 Å². The molecule has 0 saturated heterocycles. The van der Waals surface area contributed by atoms with Gasteiger partial charge in [-0.25, -0.2) is 0 Å². The molecule has 1 aromatic carbocycles. The number of phenolic OH excluding ortho intramolecular Hbond substituents is 1. The standard InChI is InChI=1S/C9H10Br2O3/c1-13-2-3-14-9-7(10)4-6(12)5-8(9)11/h4-5,12H,2-3H2,1H3. The number of hydrogen-bond acceptors (Lipinski definition) is 3. The van der Waals surface area contributed by atoms with Crippen molar-refractivity contribution in [3.63, 3.8) is 0 Å². The summed E-state index contributed by atoms with van der Waals surface area (Å²) >= 11 is 6.59. The molecule has 0 aliphatic rings. The molecule has 1 rings (SSSR count). The van der Waals surface area contributed by atoms with Crippen LogP contribution in [0, 0.1) is 0 Å². The summed E-state index contributed by atoms with van der Waals surface area (Å²) in [5.41, 5.74) is 0. The summed E-state index contributed by atoms with van der Waals surface area (Å²) in [5, 5.41) is 9.25. The van der Waals surface area contributed by atoms with Crippen LogP contribution in [0.25, 0.3) is 0 Å². The van der Waals surface area contributed by atoms with Crippen LogP contribution in [0.15, 0.2) is 21.1 Å². The van der Waals surface area contributed by atoms with E-state index in [9.17, 15) is 5.11 Å². The molecular weight excluding hydrogens is 316 g/mol. The summed E-state index contributed by atoms with van der Waals surface area (Å²) in [6, 6.07) is 3.15. The zero-order valence-electron chi connectivity index (χ0n) is 7.59. The average Bonchev–Trinajstić information content (AvgIpc) is 2.09. The summed E-state index contributed by atoms with van der Waals surface area (Å²) in [6.45, 7) is 0.998. The molecule has 0 spiro atoms. The average molecular weight is 326 g/mol. The lowest BCUT2D eigenvalue weighted by Gasteiger charge is -2.09. The van der Waals surface area contributed by atoms with Crippen molar-refractivity contribution >= 4 is 31.9 Å². The molecule has 0 radical (unpaired) electrons. The maximum Gasteiger partial charge on any atom is 0.148 e. The zero-order valence-corrected chi connectivity index (χ0v) is 10.8. The second-order valence-corrected chi connectivity index (χ2v) is 4.29. The first kappa shape index (κ1) is 11.8. The Morgan fingerprint density at radius 1 is 1.21 bits per heavy atom. The molecule has 5 heteroatoms. The van der Waals surface area contributed by atoms with Crippen molar-refractivity contribution in [1.29, 1.82) is 0 Å². The molecule has 0 unspecified atom stereocenters. The highest BCUT2D eigenvalue weighted by molar-refractivity contribution is 9.11. The molecule has 0 saturated carbocycles. The molecule has 0 heterocycles. The summed E-state index contributed by atoms with van der Waals surface area (Å²) in [6.07, 6.45) is 0. The Hall–Kier alpha value is -0.260. The van der Waals surface area contributed by atoms with Crippen molar-refractivity contribution in [1.82, 2.24) is 0 Å². The van der Waals surface area contributed by atoms with Crippen LogP contribution in [0.3, 0.4) is 0 Å². The fourth-order valence-corrected chi connectivity index (χ4v) is 2.30. The van der Waals surface area contributed by atoms with Crippen molar-refractivity contribution in [2.45, 2.75) is 0 Å². The topological polar surface area (TPSA) is 38.7 Å². The Balaban J connectivity index is 2.75. The van der Waals surface area contributed by atoms with Crippen LogP contribution >= 0.6 is 31.9 Å². The van der Waals surface area contributed by atoms with Crippen molar-refractivity contribution in [2.75, 3.05) is 20.3 Å². The molecule has 0 fully saturated rings. The van der Waals surface area contributed by atoms with E-state index in [-0.39, 0.29) is 5.75 Å². The van der Waals surface area contributed by atoms with Crippen LogP contribution in [0.2, 0.25) is 0 Å². The summed E-state index contributed by atoms with van der Waals surface area (Å²) in [4.78, 5) is 0. The number of ether oxygens (including phenoxy) is 2. The minimum atomic E-state index is 0.183. The Kier molecular flexibility index (Phi) is 4.71. The van der Waals surface area contributed by atoms with Gasteiger partial charge < -0.3 is 14.6 Å². The molecule has 0 bridgehead atoms. The number of phenols is 1. The third-order valence-corrected chi connectivity index (χ3v) is 2.69. The second-order valence-electron chi connectivity index (χ2n) is 2.58. The third-order valence-electron chi connectivity index (χ3n) is 1.52. The number of halogens is 2. The normalized spacial score (nSPS) is 10.2. The highest BCUT2D eigenvalue weighted by atomic mass is 79.9. The number of benzene rings is 1. The minimum Gasteiger partial charge on any atom is -0.508 e. The third kappa shape index (κ3) is 3.15. The molecule has 0 aromatic heterocycles. The van der Waals surface area contributed by atoms with Gasteiger partial charge >= 0.3 is 0 Å². The number of aromatic hydroxyl groups is 1. The molecule has 78 valence electrons. The highest BCUT2D eigenvalue weighted by Gasteiger charge is 2.08. The quantitative estimate of drug-likeness (QED) is 0.865.